The van der Waals surface area contributed by atoms with Gasteiger partial charge in [0.2, 0.25) is 5.75 Å². The second-order valence-corrected chi connectivity index (χ2v) is 10.1. The molecule has 212 valence electrons. The van der Waals surface area contributed by atoms with Crippen LogP contribution >= 0.6 is 0 Å². The third-order valence-electron chi connectivity index (χ3n) is 7.48. The molecule has 4 aromatic rings. The maximum Gasteiger partial charge on any atom is 0.296 e. The van der Waals surface area contributed by atoms with Gasteiger partial charge < -0.3 is 19.5 Å². The topological polar surface area (TPSA) is 122 Å². The smallest absolute Gasteiger partial charge is 0.296 e. The van der Waals surface area contributed by atoms with E-state index >= 15 is 0 Å². The maximum absolute atomic E-state index is 14.1. The lowest BCUT2D eigenvalue weighted by Gasteiger charge is -2.36. The van der Waals surface area contributed by atoms with Crippen LogP contribution in [0.1, 0.15) is 40.3 Å². The summed E-state index contributed by atoms with van der Waals surface area (Å²) in [4.78, 5) is 36.4. The van der Waals surface area contributed by atoms with Gasteiger partial charge in [0.25, 0.3) is 11.5 Å². The average molecular weight is 561 g/mol. The summed E-state index contributed by atoms with van der Waals surface area (Å²) >= 11 is 0. The zero-order valence-corrected chi connectivity index (χ0v) is 22.3. The molecule has 1 N–H and O–H groups in total. The van der Waals surface area contributed by atoms with Gasteiger partial charge in [-0.2, -0.15) is 5.10 Å². The zero-order valence-electron chi connectivity index (χ0n) is 22.3. The van der Waals surface area contributed by atoms with Crippen molar-refractivity contribution >= 4 is 5.91 Å². The van der Waals surface area contributed by atoms with Crippen LogP contribution in [0, 0.1) is 5.82 Å². The van der Waals surface area contributed by atoms with Gasteiger partial charge in [0.05, 0.1) is 30.9 Å². The molecular weight excluding hydrogens is 531 g/mol. The summed E-state index contributed by atoms with van der Waals surface area (Å²) in [6.45, 7) is 2.13. The van der Waals surface area contributed by atoms with Crippen molar-refractivity contribution in [2.45, 2.75) is 38.0 Å². The van der Waals surface area contributed by atoms with E-state index < -0.39 is 22.7 Å². The van der Waals surface area contributed by atoms with Crippen LogP contribution in [-0.4, -0.2) is 56.7 Å². The number of ether oxygens (including phenoxy) is 3. The summed E-state index contributed by atoms with van der Waals surface area (Å²) in [6.07, 6.45) is 4.01. The molecule has 12 heteroatoms. The van der Waals surface area contributed by atoms with Crippen LogP contribution in [0.3, 0.4) is 0 Å². The number of carbonyl (C=O) groups excluding carboxylic acids is 1. The molecule has 2 aliphatic heterocycles. The van der Waals surface area contributed by atoms with Crippen molar-refractivity contribution in [3.05, 3.63) is 100 Å². The van der Waals surface area contributed by atoms with E-state index in [0.717, 1.165) is 5.56 Å². The Bertz CT molecular complexity index is 1590. The minimum Gasteiger partial charge on any atom is -0.481 e. The van der Waals surface area contributed by atoms with Crippen LogP contribution in [0.2, 0.25) is 0 Å². The number of amides is 1. The van der Waals surface area contributed by atoms with Crippen molar-refractivity contribution in [1.29, 1.82) is 0 Å². The molecule has 1 saturated heterocycles. The van der Waals surface area contributed by atoms with Crippen molar-refractivity contribution in [2.24, 2.45) is 0 Å². The predicted molar refractivity (Wildman–Crippen MR) is 144 cm³/mol. The Morgan fingerprint density at radius 1 is 1.10 bits per heavy atom. The summed E-state index contributed by atoms with van der Waals surface area (Å²) in [5, 5.41) is 6.93. The van der Waals surface area contributed by atoms with Gasteiger partial charge in [0, 0.05) is 19.8 Å². The first-order chi connectivity index (χ1) is 20.0. The first kappa shape index (κ1) is 26.8. The fourth-order valence-electron chi connectivity index (χ4n) is 5.27. The third-order valence-corrected chi connectivity index (χ3v) is 7.48. The van der Waals surface area contributed by atoms with E-state index in [1.54, 1.807) is 10.6 Å². The van der Waals surface area contributed by atoms with Gasteiger partial charge in [-0.1, -0.05) is 36.4 Å². The highest BCUT2D eigenvalue weighted by atomic mass is 19.1. The van der Waals surface area contributed by atoms with Crippen molar-refractivity contribution in [2.75, 3.05) is 26.4 Å². The Balaban J connectivity index is 1.37. The molecule has 41 heavy (non-hydrogen) atoms. The molecule has 1 amide bonds. The van der Waals surface area contributed by atoms with Crippen LogP contribution in [0.5, 0.6) is 5.75 Å². The van der Waals surface area contributed by atoms with Crippen molar-refractivity contribution in [3.63, 3.8) is 0 Å². The molecule has 0 aliphatic carbocycles. The summed E-state index contributed by atoms with van der Waals surface area (Å²) in [5.41, 5.74) is 0.769. The number of nitrogens with one attached hydrogen (secondary N) is 1. The lowest BCUT2D eigenvalue weighted by Crippen LogP contribution is -2.43. The Labute approximate surface area is 234 Å². The average Bonchev–Trinajstić information content (AvgIpc) is 3.48. The number of rotatable bonds is 7. The van der Waals surface area contributed by atoms with Crippen LogP contribution in [-0.2, 0) is 34.6 Å². The van der Waals surface area contributed by atoms with Crippen LogP contribution in [0.4, 0.5) is 4.39 Å². The standard InChI is InChI=1S/C29H29FN6O5/c30-22-7-6-21(23(14-22)36-19-31-18-33-36)15-32-26(37)24-25(41-16-20-4-2-1-3-5-20)27(38)35-10-13-40-17-29(28(35)34-24)8-11-39-12-9-29/h1-7,14,18-19H,8-13,15-17H2,(H,32,37). The Hall–Kier alpha value is -4.42. The highest BCUT2D eigenvalue weighted by Gasteiger charge is 2.42. The molecule has 0 radical (unpaired) electrons. The third kappa shape index (κ3) is 5.48. The van der Waals surface area contributed by atoms with Gasteiger partial charge in [-0.05, 0) is 36.1 Å². The molecule has 1 spiro atoms. The number of nitrogens with zero attached hydrogens (tertiary/aromatic N) is 5. The van der Waals surface area contributed by atoms with E-state index in [4.69, 9.17) is 19.2 Å². The number of hydrogen-bond donors (Lipinski definition) is 1. The van der Waals surface area contributed by atoms with E-state index in [1.165, 1.54) is 29.5 Å². The fraction of sp³-hybridized carbons (Fsp3) is 0.345. The summed E-state index contributed by atoms with van der Waals surface area (Å²) < 4.78 is 34.6. The number of aromatic nitrogens is 5. The largest absolute Gasteiger partial charge is 0.481 e. The maximum atomic E-state index is 14.1. The monoisotopic (exact) mass is 560 g/mol. The lowest BCUT2D eigenvalue weighted by atomic mass is 9.80. The Morgan fingerprint density at radius 3 is 2.71 bits per heavy atom. The van der Waals surface area contributed by atoms with Crippen LogP contribution < -0.4 is 15.6 Å². The molecule has 2 aliphatic rings. The molecule has 2 aromatic carbocycles. The zero-order chi connectivity index (χ0) is 28.2. The van der Waals surface area contributed by atoms with E-state index in [2.05, 4.69) is 15.4 Å². The van der Waals surface area contributed by atoms with Crippen molar-refractivity contribution in [1.82, 2.24) is 29.6 Å². The van der Waals surface area contributed by atoms with Crippen LogP contribution in [0.15, 0.2) is 66.0 Å². The normalized spacial score (nSPS) is 16.1. The van der Waals surface area contributed by atoms with E-state index in [1.807, 2.05) is 30.3 Å². The molecule has 0 saturated carbocycles. The molecule has 2 aromatic heterocycles. The van der Waals surface area contributed by atoms with Gasteiger partial charge in [-0.15, -0.1) is 0 Å². The Morgan fingerprint density at radius 2 is 1.93 bits per heavy atom. The molecule has 1 fully saturated rings. The Kier molecular flexibility index (Phi) is 7.57. The van der Waals surface area contributed by atoms with Gasteiger partial charge in [-0.25, -0.2) is 19.0 Å². The summed E-state index contributed by atoms with van der Waals surface area (Å²) in [7, 11) is 0. The predicted octanol–water partition coefficient (Wildman–Crippen LogP) is 2.55. The van der Waals surface area contributed by atoms with Gasteiger partial charge in [0.15, 0.2) is 5.69 Å². The first-order valence-electron chi connectivity index (χ1n) is 13.4. The van der Waals surface area contributed by atoms with E-state index in [0.29, 0.717) is 62.9 Å². The number of benzene rings is 2. The lowest BCUT2D eigenvalue weighted by molar-refractivity contribution is 0.00412. The highest BCUT2D eigenvalue weighted by molar-refractivity contribution is 5.94. The molecule has 6 rings (SSSR count). The van der Waals surface area contributed by atoms with Crippen molar-refractivity contribution in [3.8, 4) is 11.4 Å². The molecule has 4 heterocycles. The SMILES string of the molecule is O=C(NCc1ccc(F)cc1-n1cncn1)c1nc2n(c(=O)c1OCc1ccccc1)CCOCC21CCOCC1. The fourth-order valence-corrected chi connectivity index (χ4v) is 5.27. The van der Waals surface area contributed by atoms with Gasteiger partial charge >= 0.3 is 0 Å². The highest BCUT2D eigenvalue weighted by Crippen LogP contribution is 2.36. The number of hydrogen-bond acceptors (Lipinski definition) is 8. The molecule has 0 bridgehead atoms. The quantitative estimate of drug-likeness (QED) is 0.366. The van der Waals surface area contributed by atoms with E-state index in [9.17, 15) is 14.0 Å². The first-order valence-corrected chi connectivity index (χ1v) is 13.4. The molecule has 0 atom stereocenters. The second kappa shape index (κ2) is 11.6. The number of fused-ring (bicyclic) bond motifs is 2. The number of halogens is 1. The van der Waals surface area contributed by atoms with Gasteiger partial charge in [-0.3, -0.25) is 14.2 Å². The summed E-state index contributed by atoms with van der Waals surface area (Å²) in [5.74, 6) is -0.665. The summed E-state index contributed by atoms with van der Waals surface area (Å²) in [6, 6.07) is 13.6. The van der Waals surface area contributed by atoms with Crippen LogP contribution in [0.25, 0.3) is 5.69 Å². The molecule has 11 nitrogen and oxygen atoms in total. The molecule has 0 unspecified atom stereocenters. The number of carbonyl (C=O) groups is 1. The minimum absolute atomic E-state index is 0.0224. The van der Waals surface area contributed by atoms with Crippen molar-refractivity contribution < 1.29 is 23.4 Å². The molecular formula is C29H29FN6O5. The van der Waals surface area contributed by atoms with Gasteiger partial charge in [0.1, 0.15) is 30.9 Å². The minimum atomic E-state index is -0.588. The second-order valence-electron chi connectivity index (χ2n) is 10.1. The van der Waals surface area contributed by atoms with E-state index in [-0.39, 0.29) is 24.6 Å².